The number of nitriles is 1. The molecule has 0 spiro atoms. The van der Waals surface area contributed by atoms with Crippen molar-refractivity contribution in [2.45, 2.75) is 38.2 Å². The predicted octanol–water partition coefficient (Wildman–Crippen LogP) is 6.08. The lowest BCUT2D eigenvalue weighted by Gasteiger charge is -2.30. The van der Waals surface area contributed by atoms with Crippen LogP contribution in [0.3, 0.4) is 0 Å². The third-order valence-corrected chi connectivity index (χ3v) is 4.91. The number of hydrogen-bond acceptors (Lipinski definition) is 4. The molecule has 2 unspecified atom stereocenters. The van der Waals surface area contributed by atoms with Crippen LogP contribution in [-0.4, -0.2) is 36.7 Å². The van der Waals surface area contributed by atoms with Gasteiger partial charge in [0.1, 0.15) is 16.9 Å². The Bertz CT molecular complexity index is 911. The smallest absolute Gasteiger partial charge is 0.416 e. The van der Waals surface area contributed by atoms with Gasteiger partial charge in [-0.2, -0.15) is 31.6 Å². The molecule has 4 nitrogen and oxygen atoms in total. The number of halogens is 6. The van der Waals surface area contributed by atoms with E-state index < -0.39 is 36.8 Å². The molecule has 0 fully saturated rings. The lowest BCUT2D eigenvalue weighted by Crippen LogP contribution is -2.42. The molecule has 0 heterocycles. The first kappa shape index (κ1) is 25.3. The number of anilines is 1. The molecule has 10 heteroatoms. The number of aliphatic hydroxyl groups is 1. The Hall–Kier alpha value is -2.93. The molecule has 0 radical (unpaired) electrons. The van der Waals surface area contributed by atoms with Crippen molar-refractivity contribution in [3.8, 4) is 17.6 Å². The Balaban J connectivity index is 2.22. The van der Waals surface area contributed by atoms with E-state index in [9.17, 15) is 31.4 Å². The van der Waals surface area contributed by atoms with Crippen molar-refractivity contribution in [2.75, 3.05) is 18.0 Å². The second kappa shape index (κ2) is 10.1. The van der Waals surface area contributed by atoms with Gasteiger partial charge in [-0.3, -0.25) is 0 Å². The maximum atomic E-state index is 13.1. The van der Waals surface area contributed by atoms with Crippen LogP contribution in [0.25, 0.3) is 0 Å². The number of para-hydroxylation sites is 1. The van der Waals surface area contributed by atoms with Gasteiger partial charge in [0.2, 0.25) is 0 Å². The molecular weight excluding hydrogens is 438 g/mol. The minimum absolute atomic E-state index is 0.224. The normalized spacial score (nSPS) is 14.8. The maximum Gasteiger partial charge on any atom is 0.416 e. The molecular formula is C22H22F6N2O2. The maximum absolute atomic E-state index is 13.1. The molecule has 1 N–H and O–H groups in total. The van der Waals surface area contributed by atoms with Crippen LogP contribution in [0, 0.1) is 16.7 Å². The van der Waals surface area contributed by atoms with Crippen molar-refractivity contribution in [1.29, 1.82) is 5.26 Å². The third-order valence-electron chi connectivity index (χ3n) is 4.91. The molecule has 0 amide bonds. The van der Waals surface area contributed by atoms with E-state index in [-0.39, 0.29) is 18.7 Å². The fraction of sp³-hybridized carbons (Fsp3) is 0.409. The molecule has 0 aliphatic carbocycles. The molecule has 0 saturated heterocycles. The van der Waals surface area contributed by atoms with Crippen LogP contribution >= 0.6 is 0 Å². The van der Waals surface area contributed by atoms with Crippen molar-refractivity contribution in [3.05, 3.63) is 54.6 Å². The first-order chi connectivity index (χ1) is 14.9. The van der Waals surface area contributed by atoms with Gasteiger partial charge < -0.3 is 14.7 Å². The van der Waals surface area contributed by atoms with Crippen molar-refractivity contribution < 1.29 is 36.2 Å². The third kappa shape index (κ3) is 6.79. The zero-order valence-electron chi connectivity index (χ0n) is 17.1. The summed E-state index contributed by atoms with van der Waals surface area (Å²) in [6.45, 7) is -0.376. The monoisotopic (exact) mass is 460 g/mol. The lowest BCUT2D eigenvalue weighted by molar-refractivity contribution is -0.200. The fourth-order valence-electron chi connectivity index (χ4n) is 2.89. The van der Waals surface area contributed by atoms with E-state index in [0.717, 1.165) is 11.8 Å². The van der Waals surface area contributed by atoms with Gasteiger partial charge in [0, 0.05) is 18.3 Å². The number of aliphatic hydroxyl groups excluding tert-OH is 1. The highest BCUT2D eigenvalue weighted by Crippen LogP contribution is 2.41. The van der Waals surface area contributed by atoms with Crippen LogP contribution in [0.15, 0.2) is 54.6 Å². The summed E-state index contributed by atoms with van der Waals surface area (Å²) < 4.78 is 83.8. The standard InChI is InChI=1S/C22H22F6N2O2/c1-20(15-29,22(26,27)28)11-6-12-30(14-19(31)21(23,24)25)16-7-5-10-18(13-16)32-17-8-3-2-4-9-17/h2-5,7-10,13,19,31H,6,11-12,14H2,1H3. The highest BCUT2D eigenvalue weighted by Gasteiger charge is 2.51. The average molecular weight is 460 g/mol. The number of ether oxygens (including phenoxy) is 1. The number of rotatable bonds is 9. The Kier molecular flexibility index (Phi) is 8.02. The molecule has 2 rings (SSSR count). The van der Waals surface area contributed by atoms with Crippen LogP contribution < -0.4 is 9.64 Å². The number of nitrogens with zero attached hydrogens (tertiary/aromatic N) is 2. The van der Waals surface area contributed by atoms with E-state index in [1.165, 1.54) is 24.3 Å². The van der Waals surface area contributed by atoms with Gasteiger partial charge in [-0.1, -0.05) is 24.3 Å². The first-order valence-corrected chi connectivity index (χ1v) is 9.66. The summed E-state index contributed by atoms with van der Waals surface area (Å²) in [5, 5.41) is 18.5. The van der Waals surface area contributed by atoms with Gasteiger partial charge in [-0.05, 0) is 44.0 Å². The van der Waals surface area contributed by atoms with Gasteiger partial charge in [0.15, 0.2) is 6.10 Å². The Morgan fingerprint density at radius 1 is 1.00 bits per heavy atom. The van der Waals surface area contributed by atoms with Crippen LogP contribution in [0.2, 0.25) is 0 Å². The van der Waals surface area contributed by atoms with E-state index in [1.54, 1.807) is 36.4 Å². The predicted molar refractivity (Wildman–Crippen MR) is 106 cm³/mol. The van der Waals surface area contributed by atoms with E-state index in [0.29, 0.717) is 11.5 Å². The minimum atomic E-state index is -4.90. The number of alkyl halides is 6. The highest BCUT2D eigenvalue weighted by molar-refractivity contribution is 5.51. The molecule has 2 aromatic rings. The van der Waals surface area contributed by atoms with Crippen molar-refractivity contribution in [3.63, 3.8) is 0 Å². The summed E-state index contributed by atoms with van der Waals surface area (Å²) in [5.74, 6) is 0.791. The van der Waals surface area contributed by atoms with Crippen molar-refractivity contribution in [2.24, 2.45) is 5.41 Å². The second-order valence-electron chi connectivity index (χ2n) is 7.46. The Morgan fingerprint density at radius 2 is 1.62 bits per heavy atom. The fourth-order valence-corrected chi connectivity index (χ4v) is 2.89. The first-order valence-electron chi connectivity index (χ1n) is 9.66. The van der Waals surface area contributed by atoms with Crippen LogP contribution in [0.4, 0.5) is 32.0 Å². The summed E-state index contributed by atoms with van der Waals surface area (Å²) in [5.41, 5.74) is -2.40. The van der Waals surface area contributed by atoms with Gasteiger partial charge >= 0.3 is 12.4 Å². The van der Waals surface area contributed by atoms with Gasteiger partial charge in [-0.15, -0.1) is 0 Å². The molecule has 32 heavy (non-hydrogen) atoms. The van der Waals surface area contributed by atoms with Crippen molar-refractivity contribution in [1.82, 2.24) is 0 Å². The second-order valence-corrected chi connectivity index (χ2v) is 7.46. The topological polar surface area (TPSA) is 56.5 Å². The zero-order chi connectivity index (χ0) is 24.0. The number of hydrogen-bond donors (Lipinski definition) is 1. The van der Waals surface area contributed by atoms with Crippen LogP contribution in [0.1, 0.15) is 19.8 Å². The van der Waals surface area contributed by atoms with Gasteiger partial charge in [-0.25, -0.2) is 0 Å². The summed E-state index contributed by atoms with van der Waals surface area (Å²) in [4.78, 5) is 1.13. The van der Waals surface area contributed by atoms with E-state index >= 15 is 0 Å². The molecule has 2 atom stereocenters. The van der Waals surface area contributed by atoms with Crippen LogP contribution in [0.5, 0.6) is 11.5 Å². The summed E-state index contributed by atoms with van der Waals surface area (Å²) in [6, 6.07) is 15.8. The van der Waals surface area contributed by atoms with Crippen molar-refractivity contribution >= 4 is 5.69 Å². The Labute approximate surface area is 181 Å². The highest BCUT2D eigenvalue weighted by atomic mass is 19.4. The molecule has 174 valence electrons. The van der Waals surface area contributed by atoms with E-state index in [2.05, 4.69) is 0 Å². The number of benzene rings is 2. The summed E-state index contributed by atoms with van der Waals surface area (Å²) in [7, 11) is 0. The van der Waals surface area contributed by atoms with Crippen LogP contribution in [-0.2, 0) is 0 Å². The van der Waals surface area contributed by atoms with Gasteiger partial charge in [0.05, 0.1) is 12.6 Å². The quantitative estimate of drug-likeness (QED) is 0.461. The average Bonchev–Trinajstić information content (AvgIpc) is 2.72. The lowest BCUT2D eigenvalue weighted by atomic mass is 9.86. The zero-order valence-corrected chi connectivity index (χ0v) is 17.1. The summed E-state index contributed by atoms with van der Waals surface area (Å²) in [6.07, 6.45) is -13.2. The molecule has 0 aromatic heterocycles. The molecule has 0 bridgehead atoms. The molecule has 2 aromatic carbocycles. The molecule has 0 aliphatic rings. The Morgan fingerprint density at radius 3 is 2.19 bits per heavy atom. The van der Waals surface area contributed by atoms with E-state index in [4.69, 9.17) is 10.00 Å². The van der Waals surface area contributed by atoms with E-state index in [1.807, 2.05) is 0 Å². The van der Waals surface area contributed by atoms with Gasteiger partial charge in [0.25, 0.3) is 0 Å². The minimum Gasteiger partial charge on any atom is -0.457 e. The summed E-state index contributed by atoms with van der Waals surface area (Å²) >= 11 is 0. The molecule has 0 aliphatic heterocycles. The largest absolute Gasteiger partial charge is 0.457 e. The SMILES string of the molecule is CC(C#N)(CCCN(CC(O)C(F)(F)F)c1cccc(Oc2ccccc2)c1)C(F)(F)F. The molecule has 0 saturated carbocycles.